The molecule has 0 radical (unpaired) electrons. The highest BCUT2D eigenvalue weighted by molar-refractivity contribution is 7.92. The Morgan fingerprint density at radius 1 is 1.30 bits per heavy atom. The zero-order valence-electron chi connectivity index (χ0n) is 16.1. The van der Waals surface area contributed by atoms with Crippen LogP contribution in [0.15, 0.2) is 24.3 Å². The van der Waals surface area contributed by atoms with Gasteiger partial charge in [0.05, 0.1) is 17.9 Å². The standard InChI is InChI=1S/C19H29N3O4S/c1-3-12-27(24,25)20-17-7-5-6-16(13-17)18(23)21-9-10-22(4-2)19(14-21)8-11-26-15-19/h5-7,13,20H,3-4,8-12,14-15H2,1-2H3. The molecule has 0 aromatic heterocycles. The van der Waals surface area contributed by atoms with Crippen molar-refractivity contribution >= 4 is 21.6 Å². The number of anilines is 1. The van der Waals surface area contributed by atoms with Crippen LogP contribution in [0.25, 0.3) is 0 Å². The van der Waals surface area contributed by atoms with Gasteiger partial charge in [-0.3, -0.25) is 14.4 Å². The number of rotatable bonds is 6. The van der Waals surface area contributed by atoms with Gasteiger partial charge in [-0.2, -0.15) is 0 Å². The van der Waals surface area contributed by atoms with Crippen molar-refractivity contribution in [2.45, 2.75) is 32.2 Å². The number of carbonyl (C=O) groups is 1. The predicted molar refractivity (Wildman–Crippen MR) is 105 cm³/mol. The predicted octanol–water partition coefficient (Wildman–Crippen LogP) is 1.78. The van der Waals surface area contributed by atoms with Crippen LogP contribution in [0.4, 0.5) is 5.69 Å². The van der Waals surface area contributed by atoms with Crippen LogP contribution in [0.2, 0.25) is 0 Å². The van der Waals surface area contributed by atoms with Gasteiger partial charge in [-0.1, -0.05) is 19.9 Å². The van der Waals surface area contributed by atoms with Gasteiger partial charge >= 0.3 is 0 Å². The number of hydrogen-bond acceptors (Lipinski definition) is 5. The van der Waals surface area contributed by atoms with Crippen molar-refractivity contribution in [3.63, 3.8) is 0 Å². The molecule has 2 aliphatic heterocycles. The van der Waals surface area contributed by atoms with Crippen molar-refractivity contribution in [1.29, 1.82) is 0 Å². The van der Waals surface area contributed by atoms with Crippen molar-refractivity contribution in [2.75, 3.05) is 49.9 Å². The van der Waals surface area contributed by atoms with E-state index in [0.717, 1.165) is 26.1 Å². The van der Waals surface area contributed by atoms with Crippen LogP contribution in [0.1, 0.15) is 37.0 Å². The number of benzene rings is 1. The summed E-state index contributed by atoms with van der Waals surface area (Å²) in [6.45, 7) is 8.43. The number of amides is 1. The fraction of sp³-hybridized carbons (Fsp3) is 0.632. The van der Waals surface area contributed by atoms with Crippen LogP contribution in [-0.4, -0.2) is 74.8 Å². The second-order valence-corrected chi connectivity index (χ2v) is 9.18. The zero-order chi connectivity index (χ0) is 19.5. The van der Waals surface area contributed by atoms with Crippen LogP contribution in [0, 0.1) is 0 Å². The third-order valence-electron chi connectivity index (χ3n) is 5.40. The number of hydrogen-bond donors (Lipinski definition) is 1. The van der Waals surface area contributed by atoms with E-state index in [1.54, 1.807) is 24.3 Å². The average molecular weight is 396 g/mol. The van der Waals surface area contributed by atoms with Crippen LogP contribution in [-0.2, 0) is 14.8 Å². The summed E-state index contributed by atoms with van der Waals surface area (Å²) in [6, 6.07) is 6.75. The van der Waals surface area contributed by atoms with E-state index >= 15 is 0 Å². The van der Waals surface area contributed by atoms with E-state index in [9.17, 15) is 13.2 Å². The number of sulfonamides is 1. The Morgan fingerprint density at radius 2 is 2.11 bits per heavy atom. The molecule has 1 aromatic carbocycles. The molecule has 8 heteroatoms. The Labute approximate surface area is 161 Å². The van der Waals surface area contributed by atoms with Crippen molar-refractivity contribution in [3.05, 3.63) is 29.8 Å². The van der Waals surface area contributed by atoms with E-state index in [-0.39, 0.29) is 17.2 Å². The highest BCUT2D eigenvalue weighted by Gasteiger charge is 2.45. The Hall–Kier alpha value is -1.64. The largest absolute Gasteiger partial charge is 0.379 e. The summed E-state index contributed by atoms with van der Waals surface area (Å²) in [5.41, 5.74) is 0.842. The highest BCUT2D eigenvalue weighted by atomic mass is 32.2. The quantitative estimate of drug-likeness (QED) is 0.794. The van der Waals surface area contributed by atoms with Crippen LogP contribution in [0.5, 0.6) is 0 Å². The fourth-order valence-electron chi connectivity index (χ4n) is 4.05. The third-order valence-corrected chi connectivity index (χ3v) is 6.90. The highest BCUT2D eigenvalue weighted by Crippen LogP contribution is 2.31. The molecular formula is C19H29N3O4S. The Bertz CT molecular complexity index is 775. The lowest BCUT2D eigenvalue weighted by Crippen LogP contribution is -2.63. The number of piperazine rings is 1. The molecule has 2 fully saturated rings. The SMILES string of the molecule is CCCS(=O)(=O)Nc1cccc(C(=O)N2CCN(CC)C3(CCOC3)C2)c1. The van der Waals surface area contributed by atoms with Crippen molar-refractivity contribution in [1.82, 2.24) is 9.80 Å². The van der Waals surface area contributed by atoms with E-state index in [2.05, 4.69) is 16.5 Å². The van der Waals surface area contributed by atoms with Gasteiger partial charge in [-0.05, 0) is 37.6 Å². The van der Waals surface area contributed by atoms with Crippen molar-refractivity contribution in [2.24, 2.45) is 0 Å². The van der Waals surface area contributed by atoms with E-state index in [4.69, 9.17) is 4.74 Å². The molecular weight excluding hydrogens is 366 g/mol. The molecule has 0 saturated carbocycles. The van der Waals surface area contributed by atoms with Gasteiger partial charge in [-0.15, -0.1) is 0 Å². The van der Waals surface area contributed by atoms with Gasteiger partial charge in [0.15, 0.2) is 0 Å². The normalized spacial score (nSPS) is 23.7. The van der Waals surface area contributed by atoms with E-state index in [1.807, 2.05) is 11.8 Å². The minimum atomic E-state index is -3.38. The molecule has 0 aliphatic carbocycles. The molecule has 0 bridgehead atoms. The first kappa shape index (κ1) is 20.1. The molecule has 1 aromatic rings. The lowest BCUT2D eigenvalue weighted by molar-refractivity contribution is -0.00222. The molecule has 1 N–H and O–H groups in total. The average Bonchev–Trinajstić information content (AvgIpc) is 3.09. The van der Waals surface area contributed by atoms with Gasteiger partial charge in [0.2, 0.25) is 10.0 Å². The summed E-state index contributed by atoms with van der Waals surface area (Å²) < 4.78 is 32.2. The second-order valence-electron chi connectivity index (χ2n) is 7.34. The Morgan fingerprint density at radius 3 is 2.78 bits per heavy atom. The topological polar surface area (TPSA) is 79.0 Å². The maximum absolute atomic E-state index is 13.1. The minimum absolute atomic E-state index is 0.0615. The molecule has 1 amide bonds. The first-order valence-electron chi connectivity index (χ1n) is 9.62. The molecule has 3 rings (SSSR count). The lowest BCUT2D eigenvalue weighted by atomic mass is 9.92. The first-order valence-corrected chi connectivity index (χ1v) is 11.3. The molecule has 2 heterocycles. The number of carbonyl (C=O) groups excluding carboxylic acids is 1. The van der Waals surface area contributed by atoms with Gasteiger partial charge in [0.25, 0.3) is 5.91 Å². The van der Waals surface area contributed by atoms with E-state index < -0.39 is 10.0 Å². The lowest BCUT2D eigenvalue weighted by Gasteiger charge is -2.48. The Balaban J connectivity index is 1.75. The summed E-state index contributed by atoms with van der Waals surface area (Å²) >= 11 is 0. The summed E-state index contributed by atoms with van der Waals surface area (Å²) in [6.07, 6.45) is 1.47. The summed E-state index contributed by atoms with van der Waals surface area (Å²) in [4.78, 5) is 17.4. The molecule has 27 heavy (non-hydrogen) atoms. The minimum Gasteiger partial charge on any atom is -0.379 e. The summed E-state index contributed by atoms with van der Waals surface area (Å²) in [5.74, 6) is 0.000663. The van der Waals surface area contributed by atoms with Gasteiger partial charge in [-0.25, -0.2) is 8.42 Å². The second kappa shape index (κ2) is 8.16. The smallest absolute Gasteiger partial charge is 0.254 e. The van der Waals surface area contributed by atoms with Gasteiger partial charge < -0.3 is 9.64 Å². The first-order chi connectivity index (χ1) is 12.9. The third kappa shape index (κ3) is 4.44. The molecule has 2 saturated heterocycles. The number of ether oxygens (including phenoxy) is 1. The summed E-state index contributed by atoms with van der Waals surface area (Å²) in [7, 11) is -3.38. The Kier molecular flexibility index (Phi) is 6.08. The maximum atomic E-state index is 13.1. The molecule has 1 unspecified atom stereocenters. The molecule has 1 spiro atoms. The molecule has 1 atom stereocenters. The molecule has 2 aliphatic rings. The van der Waals surface area contributed by atoms with Gasteiger partial charge in [0, 0.05) is 37.5 Å². The monoisotopic (exact) mass is 395 g/mol. The van der Waals surface area contributed by atoms with Gasteiger partial charge in [0.1, 0.15) is 0 Å². The van der Waals surface area contributed by atoms with Crippen molar-refractivity contribution < 1.29 is 17.9 Å². The maximum Gasteiger partial charge on any atom is 0.254 e. The fourth-order valence-corrected chi connectivity index (χ4v) is 5.17. The summed E-state index contributed by atoms with van der Waals surface area (Å²) in [5, 5.41) is 0. The molecule has 7 nitrogen and oxygen atoms in total. The van der Waals surface area contributed by atoms with Crippen LogP contribution < -0.4 is 4.72 Å². The molecule has 150 valence electrons. The van der Waals surface area contributed by atoms with Crippen LogP contribution in [0.3, 0.4) is 0 Å². The zero-order valence-corrected chi connectivity index (χ0v) is 16.9. The van der Waals surface area contributed by atoms with Crippen molar-refractivity contribution in [3.8, 4) is 0 Å². The number of nitrogens with zero attached hydrogens (tertiary/aromatic N) is 2. The van der Waals surface area contributed by atoms with E-state index in [0.29, 0.717) is 37.4 Å². The van der Waals surface area contributed by atoms with E-state index in [1.165, 1.54) is 0 Å². The number of likely N-dealkylation sites (N-methyl/N-ethyl adjacent to an activating group) is 1. The van der Waals surface area contributed by atoms with Crippen LogP contribution >= 0.6 is 0 Å². The number of nitrogens with one attached hydrogen (secondary N) is 1.